The first-order chi connectivity index (χ1) is 8.90. The summed E-state index contributed by atoms with van der Waals surface area (Å²) in [5.41, 5.74) is 6.88. The molecule has 1 aromatic carbocycles. The van der Waals surface area contributed by atoms with Crippen molar-refractivity contribution in [2.24, 2.45) is 4.99 Å². The van der Waals surface area contributed by atoms with Gasteiger partial charge in [0.05, 0.1) is 5.69 Å². The second-order valence-electron chi connectivity index (χ2n) is 5.33. The molecule has 0 unspecified atom stereocenters. The second kappa shape index (κ2) is 6.51. The zero-order valence-corrected chi connectivity index (χ0v) is 12.9. The van der Waals surface area contributed by atoms with Crippen LogP contribution < -0.4 is 0 Å². The summed E-state index contributed by atoms with van der Waals surface area (Å²) < 4.78 is 0. The Labute approximate surface area is 117 Å². The molecule has 102 valence electrons. The van der Waals surface area contributed by atoms with Gasteiger partial charge in [0.2, 0.25) is 0 Å². The number of nitrogens with zero attached hydrogens (tertiary/aromatic N) is 1. The highest BCUT2D eigenvalue weighted by atomic mass is 14.7. The van der Waals surface area contributed by atoms with Gasteiger partial charge in [-0.3, -0.25) is 4.99 Å². The van der Waals surface area contributed by atoms with Gasteiger partial charge in [0.15, 0.2) is 0 Å². The summed E-state index contributed by atoms with van der Waals surface area (Å²) in [6.07, 6.45) is 2.81. The van der Waals surface area contributed by atoms with Crippen molar-refractivity contribution in [2.75, 3.05) is 0 Å². The zero-order valence-electron chi connectivity index (χ0n) is 12.9. The van der Waals surface area contributed by atoms with E-state index in [4.69, 9.17) is 0 Å². The molecule has 1 nitrogen and oxygen atoms in total. The number of aliphatic imine (C=N–C) groups is 1. The first-order valence-corrected chi connectivity index (χ1v) is 6.91. The maximum atomic E-state index is 4.69. The van der Waals surface area contributed by atoms with E-state index in [2.05, 4.69) is 58.0 Å². The number of aryl methyl sites for hydroxylation is 1. The van der Waals surface area contributed by atoms with E-state index in [1.165, 1.54) is 16.7 Å². The SMILES string of the molecule is C=CC(C)=Nc1cc(CC)cc(C(C)C)c1C(=C)C. The van der Waals surface area contributed by atoms with Crippen LogP contribution in [0.25, 0.3) is 5.57 Å². The van der Waals surface area contributed by atoms with E-state index < -0.39 is 0 Å². The van der Waals surface area contributed by atoms with E-state index in [0.29, 0.717) is 5.92 Å². The van der Waals surface area contributed by atoms with Crippen molar-refractivity contribution < 1.29 is 0 Å². The summed E-state index contributed by atoms with van der Waals surface area (Å²) >= 11 is 0. The van der Waals surface area contributed by atoms with Gasteiger partial charge < -0.3 is 0 Å². The monoisotopic (exact) mass is 255 g/mol. The first kappa shape index (κ1) is 15.4. The summed E-state index contributed by atoms with van der Waals surface area (Å²) in [7, 11) is 0. The molecule has 1 aromatic rings. The van der Waals surface area contributed by atoms with Crippen molar-refractivity contribution in [3.05, 3.63) is 48.1 Å². The van der Waals surface area contributed by atoms with Gasteiger partial charge in [0.25, 0.3) is 0 Å². The van der Waals surface area contributed by atoms with E-state index in [0.717, 1.165) is 23.4 Å². The molecule has 0 bridgehead atoms. The molecule has 1 heteroatoms. The molecule has 0 aromatic heterocycles. The zero-order chi connectivity index (χ0) is 14.6. The van der Waals surface area contributed by atoms with Crippen LogP contribution in [0, 0.1) is 0 Å². The van der Waals surface area contributed by atoms with Crippen molar-refractivity contribution in [2.45, 2.75) is 47.0 Å². The molecular formula is C18H25N. The minimum atomic E-state index is 0.469. The lowest BCUT2D eigenvalue weighted by Crippen LogP contribution is -1.98. The largest absolute Gasteiger partial charge is 0.253 e. The van der Waals surface area contributed by atoms with Crippen LogP contribution in [0.2, 0.25) is 0 Å². The lowest BCUT2D eigenvalue weighted by Gasteiger charge is -2.17. The predicted octanol–water partition coefficient (Wildman–Crippen LogP) is 5.68. The minimum absolute atomic E-state index is 0.469. The molecule has 0 amide bonds. The molecule has 0 N–H and O–H groups in total. The fourth-order valence-electron chi connectivity index (χ4n) is 2.16. The highest BCUT2D eigenvalue weighted by molar-refractivity contribution is 5.95. The molecule has 1 rings (SSSR count). The molecule has 0 spiro atoms. The van der Waals surface area contributed by atoms with Crippen LogP contribution in [0.4, 0.5) is 5.69 Å². The number of rotatable bonds is 5. The Morgan fingerprint density at radius 1 is 1.32 bits per heavy atom. The average Bonchev–Trinajstić information content (AvgIpc) is 2.36. The van der Waals surface area contributed by atoms with E-state index in [9.17, 15) is 0 Å². The first-order valence-electron chi connectivity index (χ1n) is 6.91. The van der Waals surface area contributed by atoms with Gasteiger partial charge in [-0.15, -0.1) is 0 Å². The molecule has 0 radical (unpaired) electrons. The number of hydrogen-bond donors (Lipinski definition) is 0. The third kappa shape index (κ3) is 3.66. The third-order valence-corrected chi connectivity index (χ3v) is 3.26. The van der Waals surface area contributed by atoms with Crippen molar-refractivity contribution in [1.29, 1.82) is 0 Å². The van der Waals surface area contributed by atoms with Gasteiger partial charge in [0, 0.05) is 11.3 Å². The van der Waals surface area contributed by atoms with Gasteiger partial charge in [-0.2, -0.15) is 0 Å². The summed E-state index contributed by atoms with van der Waals surface area (Å²) in [6, 6.07) is 4.46. The van der Waals surface area contributed by atoms with Crippen molar-refractivity contribution in [3.8, 4) is 0 Å². The molecule has 0 heterocycles. The Bertz CT molecular complexity index is 519. The van der Waals surface area contributed by atoms with Crippen LogP contribution in [0.1, 0.15) is 57.2 Å². The molecule has 0 saturated heterocycles. The van der Waals surface area contributed by atoms with Gasteiger partial charge in [0.1, 0.15) is 0 Å². The fourth-order valence-corrected chi connectivity index (χ4v) is 2.16. The Morgan fingerprint density at radius 3 is 2.37 bits per heavy atom. The smallest absolute Gasteiger partial charge is 0.0713 e. The molecule has 0 saturated carbocycles. The molecular weight excluding hydrogens is 230 g/mol. The second-order valence-corrected chi connectivity index (χ2v) is 5.33. The van der Waals surface area contributed by atoms with Crippen LogP contribution in [0.15, 0.2) is 36.4 Å². The van der Waals surface area contributed by atoms with E-state index in [1.54, 1.807) is 6.08 Å². The van der Waals surface area contributed by atoms with Crippen LogP contribution in [0.5, 0.6) is 0 Å². The highest BCUT2D eigenvalue weighted by Crippen LogP contribution is 2.35. The molecule has 0 aliphatic rings. The highest BCUT2D eigenvalue weighted by Gasteiger charge is 2.13. The lowest BCUT2D eigenvalue weighted by atomic mass is 9.89. The van der Waals surface area contributed by atoms with Crippen LogP contribution in [0.3, 0.4) is 0 Å². The lowest BCUT2D eigenvalue weighted by molar-refractivity contribution is 0.858. The van der Waals surface area contributed by atoms with E-state index >= 15 is 0 Å². The molecule has 0 aliphatic carbocycles. The molecule has 0 fully saturated rings. The molecule has 19 heavy (non-hydrogen) atoms. The normalized spacial score (nSPS) is 11.8. The number of allylic oxidation sites excluding steroid dienone is 2. The topological polar surface area (TPSA) is 12.4 Å². The van der Waals surface area contributed by atoms with Crippen LogP contribution in [-0.2, 0) is 6.42 Å². The third-order valence-electron chi connectivity index (χ3n) is 3.26. The van der Waals surface area contributed by atoms with Crippen molar-refractivity contribution >= 4 is 17.0 Å². The van der Waals surface area contributed by atoms with Crippen LogP contribution in [-0.4, -0.2) is 5.71 Å². The van der Waals surface area contributed by atoms with Crippen LogP contribution >= 0.6 is 0 Å². The maximum Gasteiger partial charge on any atom is 0.0713 e. The Morgan fingerprint density at radius 2 is 1.95 bits per heavy atom. The van der Waals surface area contributed by atoms with Gasteiger partial charge in [-0.05, 0) is 55.0 Å². The molecule has 0 atom stereocenters. The van der Waals surface area contributed by atoms with Gasteiger partial charge in [-0.25, -0.2) is 0 Å². The molecule has 0 aliphatic heterocycles. The average molecular weight is 255 g/mol. The fraction of sp³-hybridized carbons (Fsp3) is 0.389. The summed E-state index contributed by atoms with van der Waals surface area (Å²) in [5, 5.41) is 0. The van der Waals surface area contributed by atoms with Crippen molar-refractivity contribution in [1.82, 2.24) is 0 Å². The predicted molar refractivity (Wildman–Crippen MR) is 87.6 cm³/mol. The van der Waals surface area contributed by atoms with Crippen molar-refractivity contribution in [3.63, 3.8) is 0 Å². The van der Waals surface area contributed by atoms with E-state index in [-0.39, 0.29) is 0 Å². The Hall–Kier alpha value is -1.63. The number of hydrogen-bond acceptors (Lipinski definition) is 1. The quantitative estimate of drug-likeness (QED) is 0.600. The Kier molecular flexibility index (Phi) is 5.29. The van der Waals surface area contributed by atoms with Gasteiger partial charge >= 0.3 is 0 Å². The summed E-state index contributed by atoms with van der Waals surface area (Å²) in [5.74, 6) is 0.469. The standard InChI is InChI=1S/C18H25N/c1-8-14(7)19-17-11-15(9-2)10-16(12(3)4)18(17)13(5)6/h8,10-12H,1,5,9H2,2-4,6-7H3. The summed E-state index contributed by atoms with van der Waals surface area (Å²) in [6.45, 7) is 18.5. The maximum absolute atomic E-state index is 4.69. The summed E-state index contributed by atoms with van der Waals surface area (Å²) in [4.78, 5) is 4.69. The number of benzene rings is 1. The van der Waals surface area contributed by atoms with Gasteiger partial charge in [-0.1, -0.05) is 40.0 Å². The Balaban J connectivity index is 3.62. The minimum Gasteiger partial charge on any atom is -0.253 e. The van der Waals surface area contributed by atoms with E-state index in [1.807, 2.05) is 6.92 Å².